The first-order valence-corrected chi connectivity index (χ1v) is 6.10. The molecule has 0 bridgehead atoms. The summed E-state index contributed by atoms with van der Waals surface area (Å²) in [5.41, 5.74) is 1.25. The maximum atomic E-state index is 12.8. The molecule has 0 unspecified atom stereocenters. The minimum Gasteiger partial charge on any atom is -0.451 e. The summed E-state index contributed by atoms with van der Waals surface area (Å²) in [4.78, 5) is 11.2. The van der Waals surface area contributed by atoms with E-state index in [9.17, 15) is 18.0 Å². The maximum Gasteiger partial charge on any atom is 0.417 e. The van der Waals surface area contributed by atoms with E-state index in [1.165, 1.54) is 24.3 Å². The van der Waals surface area contributed by atoms with Crippen molar-refractivity contribution in [2.75, 3.05) is 0 Å². The number of hydrogen-bond acceptors (Lipinski definition) is 3. The van der Waals surface area contributed by atoms with Crippen LogP contribution in [-0.4, -0.2) is 5.91 Å². The number of furan rings is 1. The lowest BCUT2D eigenvalue weighted by Gasteiger charge is -2.10. The van der Waals surface area contributed by atoms with Crippen molar-refractivity contribution in [3.8, 4) is 11.3 Å². The van der Waals surface area contributed by atoms with E-state index >= 15 is 0 Å². The molecule has 0 saturated heterocycles. The maximum absolute atomic E-state index is 12.8. The number of halogens is 4. The number of hydrogen-bond donors (Lipinski definition) is 2. The average Bonchev–Trinajstić information content (AvgIpc) is 2.86. The van der Waals surface area contributed by atoms with Crippen LogP contribution in [0.3, 0.4) is 0 Å². The predicted molar refractivity (Wildman–Crippen MR) is 68.5 cm³/mol. The lowest BCUT2D eigenvalue weighted by Crippen LogP contribution is -2.29. The van der Waals surface area contributed by atoms with Gasteiger partial charge in [0.25, 0.3) is 0 Å². The Hall–Kier alpha value is -1.80. The second-order valence-corrected chi connectivity index (χ2v) is 4.68. The highest BCUT2D eigenvalue weighted by Crippen LogP contribution is 2.37. The summed E-state index contributed by atoms with van der Waals surface area (Å²) in [6.45, 7) is 0. The van der Waals surface area contributed by atoms with Gasteiger partial charge in [0.2, 0.25) is 0 Å². The van der Waals surface area contributed by atoms with Gasteiger partial charge in [-0.25, -0.2) is 5.84 Å². The number of nitrogens with two attached hydrogens (primary N) is 1. The largest absolute Gasteiger partial charge is 0.451 e. The summed E-state index contributed by atoms with van der Waals surface area (Å²) in [7, 11) is 0. The molecule has 4 nitrogen and oxygen atoms in total. The zero-order valence-electron chi connectivity index (χ0n) is 9.79. The number of rotatable bonds is 2. The Bertz CT molecular complexity index is 652. The van der Waals surface area contributed by atoms with Crippen LogP contribution in [0.2, 0.25) is 0 Å². The molecule has 0 atom stereocenters. The highest BCUT2D eigenvalue weighted by molar-refractivity contribution is 9.10. The van der Waals surface area contributed by atoms with Gasteiger partial charge in [0.15, 0.2) is 5.76 Å². The monoisotopic (exact) mass is 348 g/mol. The van der Waals surface area contributed by atoms with E-state index < -0.39 is 17.6 Å². The smallest absolute Gasteiger partial charge is 0.417 e. The molecule has 0 spiro atoms. The number of nitrogens with one attached hydrogen (secondary N) is 1. The van der Waals surface area contributed by atoms with Gasteiger partial charge in [0, 0.05) is 10.0 Å². The molecular formula is C12H8BrF3N2O2. The van der Waals surface area contributed by atoms with Crippen LogP contribution in [0.4, 0.5) is 13.2 Å². The number of amides is 1. The van der Waals surface area contributed by atoms with Crippen LogP contribution < -0.4 is 11.3 Å². The topological polar surface area (TPSA) is 68.3 Å². The summed E-state index contributed by atoms with van der Waals surface area (Å²) in [6, 6.07) is 6.37. The summed E-state index contributed by atoms with van der Waals surface area (Å²) < 4.78 is 43.5. The van der Waals surface area contributed by atoms with E-state index in [0.29, 0.717) is 0 Å². The molecule has 0 radical (unpaired) electrons. The number of nitrogen functional groups attached to an aromatic ring is 1. The fourth-order valence-electron chi connectivity index (χ4n) is 1.58. The van der Waals surface area contributed by atoms with Crippen LogP contribution >= 0.6 is 15.9 Å². The van der Waals surface area contributed by atoms with Crippen molar-refractivity contribution in [3.63, 3.8) is 0 Å². The number of alkyl halides is 3. The molecule has 20 heavy (non-hydrogen) atoms. The Morgan fingerprint density at radius 3 is 2.55 bits per heavy atom. The van der Waals surface area contributed by atoms with Crippen molar-refractivity contribution < 1.29 is 22.4 Å². The molecule has 0 fully saturated rings. The van der Waals surface area contributed by atoms with E-state index in [1.54, 1.807) is 0 Å². The first kappa shape index (κ1) is 14.6. The third-order valence-corrected chi connectivity index (χ3v) is 3.21. The van der Waals surface area contributed by atoms with Crippen LogP contribution in [0.15, 0.2) is 39.2 Å². The second kappa shape index (κ2) is 5.29. The molecule has 1 aromatic heterocycles. The molecule has 0 aliphatic rings. The summed E-state index contributed by atoms with van der Waals surface area (Å²) in [5, 5.41) is 0. The van der Waals surface area contributed by atoms with Crippen LogP contribution in [0.25, 0.3) is 11.3 Å². The molecule has 2 aromatic rings. The molecule has 106 valence electrons. The molecule has 2 rings (SSSR count). The molecule has 8 heteroatoms. The molecule has 3 N–H and O–H groups in total. The third-order valence-electron chi connectivity index (χ3n) is 2.52. The Morgan fingerprint density at radius 1 is 1.25 bits per heavy atom. The van der Waals surface area contributed by atoms with Gasteiger partial charge in [0.1, 0.15) is 5.76 Å². The number of hydrazine groups is 1. The quantitative estimate of drug-likeness (QED) is 0.497. The van der Waals surface area contributed by atoms with E-state index in [-0.39, 0.29) is 21.6 Å². The Labute approximate surface area is 119 Å². The summed E-state index contributed by atoms with van der Waals surface area (Å²) in [6.07, 6.45) is -4.49. The van der Waals surface area contributed by atoms with Gasteiger partial charge < -0.3 is 4.42 Å². The number of carbonyl (C=O) groups is 1. The van der Waals surface area contributed by atoms with Gasteiger partial charge >= 0.3 is 12.1 Å². The fourth-order valence-corrected chi connectivity index (χ4v) is 2.05. The molecule has 0 aliphatic heterocycles. The molecule has 1 amide bonds. The minimum atomic E-state index is -4.49. The van der Waals surface area contributed by atoms with E-state index in [2.05, 4.69) is 15.9 Å². The van der Waals surface area contributed by atoms with Crippen LogP contribution in [-0.2, 0) is 6.18 Å². The fraction of sp³-hybridized carbons (Fsp3) is 0.0833. The van der Waals surface area contributed by atoms with E-state index in [4.69, 9.17) is 10.3 Å². The SMILES string of the molecule is NNC(=O)c1ccc(-c2ccc(Br)c(C(F)(F)F)c2)o1. The Balaban J connectivity index is 2.44. The van der Waals surface area contributed by atoms with Crippen LogP contribution in [0.1, 0.15) is 16.1 Å². The first-order chi connectivity index (χ1) is 9.32. The molecule has 1 heterocycles. The van der Waals surface area contributed by atoms with Crippen molar-refractivity contribution >= 4 is 21.8 Å². The molecule has 0 aliphatic carbocycles. The zero-order valence-corrected chi connectivity index (χ0v) is 11.4. The Kier molecular flexibility index (Phi) is 3.87. The van der Waals surface area contributed by atoms with Crippen LogP contribution in [0.5, 0.6) is 0 Å². The van der Waals surface area contributed by atoms with E-state index in [0.717, 1.165) is 6.07 Å². The van der Waals surface area contributed by atoms with Crippen molar-refractivity contribution in [1.82, 2.24) is 5.43 Å². The van der Waals surface area contributed by atoms with Gasteiger partial charge in [-0.15, -0.1) is 0 Å². The van der Waals surface area contributed by atoms with Gasteiger partial charge in [-0.1, -0.05) is 22.0 Å². The highest BCUT2D eigenvalue weighted by atomic mass is 79.9. The van der Waals surface area contributed by atoms with Crippen molar-refractivity contribution in [3.05, 3.63) is 46.1 Å². The summed E-state index contributed by atoms with van der Waals surface area (Å²) >= 11 is 2.85. The zero-order chi connectivity index (χ0) is 14.9. The second-order valence-electron chi connectivity index (χ2n) is 3.83. The van der Waals surface area contributed by atoms with Crippen molar-refractivity contribution in [2.45, 2.75) is 6.18 Å². The molecular weight excluding hydrogens is 341 g/mol. The predicted octanol–water partition coefficient (Wildman–Crippen LogP) is 3.33. The van der Waals surface area contributed by atoms with Crippen molar-refractivity contribution in [1.29, 1.82) is 0 Å². The van der Waals surface area contributed by atoms with E-state index in [1.807, 2.05) is 5.43 Å². The third kappa shape index (κ3) is 2.86. The normalized spacial score (nSPS) is 11.4. The first-order valence-electron chi connectivity index (χ1n) is 5.31. The lowest BCUT2D eigenvalue weighted by atomic mass is 10.1. The van der Waals surface area contributed by atoms with Gasteiger partial charge in [-0.2, -0.15) is 13.2 Å². The van der Waals surface area contributed by atoms with Gasteiger partial charge in [-0.05, 0) is 24.3 Å². The average molecular weight is 349 g/mol. The number of carbonyl (C=O) groups excluding carboxylic acids is 1. The molecule has 1 aromatic carbocycles. The summed E-state index contributed by atoms with van der Waals surface area (Å²) in [5.74, 6) is 4.33. The number of benzene rings is 1. The standard InChI is InChI=1S/C12H8BrF3N2O2/c13-8-2-1-6(5-7(8)12(14,15)16)9-3-4-10(20-9)11(19)18-17/h1-5H,17H2,(H,18,19). The molecule has 0 saturated carbocycles. The lowest BCUT2D eigenvalue weighted by molar-refractivity contribution is -0.138. The van der Waals surface area contributed by atoms with Gasteiger partial charge in [0.05, 0.1) is 5.56 Å². The van der Waals surface area contributed by atoms with Crippen LogP contribution in [0, 0.1) is 0 Å². The van der Waals surface area contributed by atoms with Crippen molar-refractivity contribution in [2.24, 2.45) is 5.84 Å². The van der Waals surface area contributed by atoms with Gasteiger partial charge in [-0.3, -0.25) is 10.2 Å². The highest BCUT2D eigenvalue weighted by Gasteiger charge is 2.33. The minimum absolute atomic E-state index is 0.0692. The Morgan fingerprint density at radius 2 is 1.95 bits per heavy atom.